The smallest absolute Gasteiger partial charge is 0.328 e. The highest BCUT2D eigenvalue weighted by molar-refractivity contribution is 5.96. The molecule has 0 radical (unpaired) electrons. The fourth-order valence-corrected chi connectivity index (χ4v) is 4.25. The van der Waals surface area contributed by atoms with Crippen LogP contribution in [0.25, 0.3) is 0 Å². The summed E-state index contributed by atoms with van der Waals surface area (Å²) >= 11 is 0. The first kappa shape index (κ1) is 24.3. The molecule has 9 heteroatoms. The molecule has 2 N–H and O–H groups in total. The molecule has 1 heterocycles. The number of rotatable bonds is 7. The van der Waals surface area contributed by atoms with E-state index in [0.29, 0.717) is 12.1 Å². The van der Waals surface area contributed by atoms with Crippen molar-refractivity contribution in [2.75, 3.05) is 25.6 Å². The van der Waals surface area contributed by atoms with Crippen LogP contribution in [0.3, 0.4) is 0 Å². The van der Waals surface area contributed by atoms with Crippen LogP contribution < -0.4 is 10.6 Å². The summed E-state index contributed by atoms with van der Waals surface area (Å²) in [5.74, 6) is -0.854. The third kappa shape index (κ3) is 5.35. The Morgan fingerprint density at radius 3 is 2.58 bits per heavy atom. The molecule has 0 aromatic heterocycles. The highest BCUT2D eigenvalue weighted by Gasteiger charge is 2.51. The Balaban J connectivity index is 1.83. The van der Waals surface area contributed by atoms with E-state index in [1.54, 1.807) is 21.0 Å². The van der Waals surface area contributed by atoms with Gasteiger partial charge in [-0.25, -0.2) is 14.0 Å². The van der Waals surface area contributed by atoms with Crippen LogP contribution in [0, 0.1) is 17.2 Å². The van der Waals surface area contributed by atoms with Crippen molar-refractivity contribution in [1.82, 2.24) is 10.2 Å². The van der Waals surface area contributed by atoms with Crippen LogP contribution in [0.2, 0.25) is 0 Å². The lowest BCUT2D eigenvalue weighted by Crippen LogP contribution is -2.50. The van der Waals surface area contributed by atoms with Crippen molar-refractivity contribution < 1.29 is 28.2 Å². The molecular formula is C24H30FN3O5. The molecular weight excluding hydrogens is 429 g/mol. The van der Waals surface area contributed by atoms with Crippen molar-refractivity contribution in [3.05, 3.63) is 54.1 Å². The van der Waals surface area contributed by atoms with Gasteiger partial charge in [-0.1, -0.05) is 13.0 Å². The van der Waals surface area contributed by atoms with Crippen LogP contribution in [0.1, 0.15) is 27.2 Å². The van der Waals surface area contributed by atoms with Crippen LogP contribution in [0.15, 0.2) is 48.3 Å². The topological polar surface area (TPSA) is 97.0 Å². The zero-order valence-electron chi connectivity index (χ0n) is 19.3. The predicted molar refractivity (Wildman–Crippen MR) is 121 cm³/mol. The van der Waals surface area contributed by atoms with Crippen molar-refractivity contribution in [2.45, 2.75) is 39.3 Å². The number of anilines is 1. The minimum atomic E-state index is -0.866. The molecule has 3 rings (SSSR count). The fraction of sp³-hybridized carbons (Fsp3) is 0.458. The average molecular weight is 460 g/mol. The zero-order valence-corrected chi connectivity index (χ0v) is 19.3. The molecule has 2 unspecified atom stereocenters. The normalized spacial score (nSPS) is 25.3. The van der Waals surface area contributed by atoms with Gasteiger partial charge < -0.3 is 25.0 Å². The van der Waals surface area contributed by atoms with E-state index < -0.39 is 35.3 Å². The molecule has 1 saturated heterocycles. The first-order valence-electron chi connectivity index (χ1n) is 10.9. The van der Waals surface area contributed by atoms with Crippen molar-refractivity contribution in [3.63, 3.8) is 0 Å². The number of halogens is 1. The summed E-state index contributed by atoms with van der Waals surface area (Å²) in [6.45, 7) is 5.82. The van der Waals surface area contributed by atoms with Crippen LogP contribution in [0.4, 0.5) is 14.9 Å². The molecule has 1 aliphatic heterocycles. The Labute approximate surface area is 192 Å². The lowest BCUT2D eigenvalue weighted by atomic mass is 9.70. The second kappa shape index (κ2) is 10.1. The Morgan fingerprint density at radius 2 is 2.00 bits per heavy atom. The monoisotopic (exact) mass is 459 g/mol. The number of likely N-dealkylation sites (tertiary alicyclic amines) is 1. The molecule has 0 saturated carbocycles. The van der Waals surface area contributed by atoms with E-state index in [4.69, 9.17) is 9.47 Å². The van der Waals surface area contributed by atoms with Gasteiger partial charge in [-0.3, -0.25) is 4.79 Å². The summed E-state index contributed by atoms with van der Waals surface area (Å²) < 4.78 is 23.5. The summed E-state index contributed by atoms with van der Waals surface area (Å²) in [6.07, 6.45) is 6.37. The fourth-order valence-electron chi connectivity index (χ4n) is 4.25. The molecule has 33 heavy (non-hydrogen) atoms. The average Bonchev–Trinajstić information content (AvgIpc) is 3.12. The third-order valence-electron chi connectivity index (χ3n) is 6.28. The highest BCUT2D eigenvalue weighted by atomic mass is 19.1. The second-order valence-corrected chi connectivity index (χ2v) is 8.46. The zero-order chi connectivity index (χ0) is 24.2. The number of nitrogens with zero attached hydrogens (tertiary/aromatic N) is 1. The number of nitrogens with one attached hydrogen (secondary N) is 2. The van der Waals surface area contributed by atoms with Crippen LogP contribution in [-0.4, -0.2) is 55.2 Å². The van der Waals surface area contributed by atoms with E-state index in [9.17, 15) is 18.8 Å². The Bertz CT molecular complexity index is 961. The van der Waals surface area contributed by atoms with Gasteiger partial charge in [0.2, 0.25) is 5.91 Å². The number of methoxy groups -OCH3 is 1. The number of ether oxygens (including phenoxy) is 2. The van der Waals surface area contributed by atoms with Crippen molar-refractivity contribution >= 4 is 23.6 Å². The van der Waals surface area contributed by atoms with Crippen molar-refractivity contribution in [2.24, 2.45) is 11.3 Å². The van der Waals surface area contributed by atoms with Gasteiger partial charge in [0.25, 0.3) is 0 Å². The number of carbonyl (C=O) groups is 3. The van der Waals surface area contributed by atoms with Gasteiger partial charge in [0.05, 0.1) is 13.7 Å². The maximum atomic E-state index is 13.4. The SMILES string of the molecule is CCOC(=O)C(C)N1C[C@@H](C2(C)C=CC(OC)=CC2)[C@H](NC(=O)Nc2ccc(F)cc2)C1=O. The number of carbonyl (C=O) groups excluding carboxylic acids is 3. The van der Waals surface area contributed by atoms with E-state index in [0.717, 1.165) is 5.76 Å². The summed E-state index contributed by atoms with van der Waals surface area (Å²) in [6, 6.07) is 3.08. The quantitative estimate of drug-likeness (QED) is 0.611. The standard InChI is InChI=1S/C24H30FN3O5/c1-5-33-22(30)15(2)28-14-19(24(3)12-10-18(32-4)11-13-24)20(21(28)29)27-23(31)26-17-8-6-16(25)7-9-17/h6-12,15,19-20H,5,13-14H2,1-4H3,(H2,26,27,31)/t15?,19-,20+,24?/m1/s1. The number of esters is 1. The predicted octanol–water partition coefficient (Wildman–Crippen LogP) is 3.22. The molecule has 1 fully saturated rings. The second-order valence-electron chi connectivity index (χ2n) is 8.46. The van der Waals surface area contributed by atoms with Crippen LogP contribution in [0.5, 0.6) is 0 Å². The summed E-state index contributed by atoms with van der Waals surface area (Å²) in [7, 11) is 1.59. The van der Waals surface area contributed by atoms with Gasteiger partial charge in [-0.05, 0) is 62.1 Å². The molecule has 1 aromatic carbocycles. The van der Waals surface area contributed by atoms with Crippen molar-refractivity contribution in [1.29, 1.82) is 0 Å². The molecule has 178 valence electrons. The minimum Gasteiger partial charge on any atom is -0.497 e. The molecule has 0 bridgehead atoms. The van der Waals surface area contributed by atoms with Gasteiger partial charge in [0.15, 0.2) is 0 Å². The molecule has 2 aliphatic rings. The lowest BCUT2D eigenvalue weighted by molar-refractivity contribution is -0.152. The lowest BCUT2D eigenvalue weighted by Gasteiger charge is -2.36. The Kier molecular flexibility index (Phi) is 7.40. The van der Waals surface area contributed by atoms with Gasteiger partial charge >= 0.3 is 12.0 Å². The van der Waals surface area contributed by atoms with Gasteiger partial charge in [-0.15, -0.1) is 0 Å². The van der Waals surface area contributed by atoms with E-state index in [1.807, 2.05) is 25.2 Å². The van der Waals surface area contributed by atoms with Gasteiger partial charge in [-0.2, -0.15) is 0 Å². The van der Waals surface area contributed by atoms with E-state index in [-0.39, 0.29) is 25.0 Å². The Morgan fingerprint density at radius 1 is 1.30 bits per heavy atom. The van der Waals surface area contributed by atoms with Crippen molar-refractivity contribution in [3.8, 4) is 0 Å². The molecule has 4 atom stereocenters. The highest BCUT2D eigenvalue weighted by Crippen LogP contribution is 2.43. The number of amides is 3. The summed E-state index contributed by atoms with van der Waals surface area (Å²) in [4.78, 5) is 39.9. The largest absolute Gasteiger partial charge is 0.497 e. The number of hydrogen-bond acceptors (Lipinski definition) is 5. The molecule has 0 spiro atoms. The van der Waals surface area contributed by atoms with Gasteiger partial charge in [0, 0.05) is 18.2 Å². The molecule has 1 aromatic rings. The van der Waals surface area contributed by atoms with E-state index in [2.05, 4.69) is 10.6 Å². The van der Waals surface area contributed by atoms with Crippen LogP contribution in [-0.2, 0) is 19.1 Å². The number of allylic oxidation sites excluding steroid dienone is 3. The summed E-state index contributed by atoms with van der Waals surface area (Å²) in [5.41, 5.74) is -0.0710. The number of urea groups is 1. The number of hydrogen-bond donors (Lipinski definition) is 2. The summed E-state index contributed by atoms with van der Waals surface area (Å²) in [5, 5.41) is 5.40. The van der Waals surface area contributed by atoms with E-state index in [1.165, 1.54) is 29.2 Å². The first-order chi connectivity index (χ1) is 15.7. The molecule has 1 aliphatic carbocycles. The van der Waals surface area contributed by atoms with Gasteiger partial charge in [0.1, 0.15) is 23.7 Å². The van der Waals surface area contributed by atoms with Crippen LogP contribution >= 0.6 is 0 Å². The molecule has 8 nitrogen and oxygen atoms in total. The number of benzene rings is 1. The first-order valence-corrected chi connectivity index (χ1v) is 10.9. The molecule has 3 amide bonds. The minimum absolute atomic E-state index is 0.210. The maximum absolute atomic E-state index is 13.4. The maximum Gasteiger partial charge on any atom is 0.328 e. The van der Waals surface area contributed by atoms with E-state index >= 15 is 0 Å². The Hall–Kier alpha value is -3.36. The third-order valence-corrected chi connectivity index (χ3v) is 6.28.